The zero-order valence-electron chi connectivity index (χ0n) is 10.0. The number of hydrogen-bond donors (Lipinski definition) is 1. The summed E-state index contributed by atoms with van der Waals surface area (Å²) in [5.74, 6) is -1.05. The van der Waals surface area contributed by atoms with Crippen LogP contribution in [0.4, 0.5) is 4.39 Å². The molecule has 0 saturated heterocycles. The Morgan fingerprint density at radius 3 is 2.72 bits per heavy atom. The fraction of sp³-hybridized carbons (Fsp3) is 0.462. The highest BCUT2D eigenvalue weighted by Crippen LogP contribution is 2.17. The molecule has 2 nitrogen and oxygen atoms in total. The van der Waals surface area contributed by atoms with Crippen molar-refractivity contribution in [3.8, 4) is 0 Å². The highest BCUT2D eigenvalue weighted by atomic mass is 127. The van der Waals surface area contributed by atoms with E-state index >= 15 is 0 Å². The Bertz CT molecular complexity index is 401. The molecule has 0 fully saturated rings. The molecule has 0 aliphatic heterocycles. The first-order chi connectivity index (χ1) is 8.66. The number of rotatable bonds is 7. The molecule has 0 radical (unpaired) electrons. The van der Waals surface area contributed by atoms with E-state index in [0.29, 0.717) is 6.54 Å². The summed E-state index contributed by atoms with van der Waals surface area (Å²) in [6.45, 7) is 0.575. The molecule has 100 valence electrons. The van der Waals surface area contributed by atoms with Crippen molar-refractivity contribution in [3.63, 3.8) is 0 Å². The van der Waals surface area contributed by atoms with Crippen LogP contribution in [-0.4, -0.2) is 16.9 Å². The molecule has 1 amide bonds. The number of carbonyl (C=O) groups is 1. The zero-order valence-corrected chi connectivity index (χ0v) is 12.9. The maximum absolute atomic E-state index is 13.5. The smallest absolute Gasteiger partial charge is 0.254 e. The van der Waals surface area contributed by atoms with Crippen molar-refractivity contribution < 1.29 is 9.18 Å². The predicted octanol–water partition coefficient (Wildman–Crippen LogP) is 4.20. The first kappa shape index (κ1) is 15.7. The highest BCUT2D eigenvalue weighted by molar-refractivity contribution is 14.1. The van der Waals surface area contributed by atoms with Gasteiger partial charge in [0.1, 0.15) is 0 Å². The van der Waals surface area contributed by atoms with Crippen molar-refractivity contribution in [1.29, 1.82) is 0 Å². The van der Waals surface area contributed by atoms with E-state index in [1.165, 1.54) is 25.0 Å². The molecule has 0 unspecified atom stereocenters. The SMILES string of the molecule is O=C(NCCCCCCI)c1cccc(Cl)c1F. The van der Waals surface area contributed by atoms with E-state index in [9.17, 15) is 9.18 Å². The summed E-state index contributed by atoms with van der Waals surface area (Å²) in [7, 11) is 0. The normalized spacial score (nSPS) is 10.4. The van der Waals surface area contributed by atoms with Gasteiger partial charge in [0.15, 0.2) is 5.82 Å². The fourth-order valence-electron chi connectivity index (χ4n) is 1.55. The average molecular weight is 384 g/mol. The van der Waals surface area contributed by atoms with Crippen LogP contribution in [0.5, 0.6) is 0 Å². The topological polar surface area (TPSA) is 29.1 Å². The van der Waals surface area contributed by atoms with Gasteiger partial charge in [0.05, 0.1) is 10.6 Å². The van der Waals surface area contributed by atoms with E-state index in [0.717, 1.165) is 17.3 Å². The van der Waals surface area contributed by atoms with Crippen molar-refractivity contribution >= 4 is 40.1 Å². The Morgan fingerprint density at radius 2 is 2.00 bits per heavy atom. The van der Waals surface area contributed by atoms with Gasteiger partial charge in [0, 0.05) is 6.54 Å². The predicted molar refractivity (Wildman–Crippen MR) is 81.1 cm³/mol. The van der Waals surface area contributed by atoms with Crippen molar-refractivity contribution in [2.75, 3.05) is 11.0 Å². The van der Waals surface area contributed by atoms with E-state index in [1.807, 2.05) is 0 Å². The number of benzene rings is 1. The van der Waals surface area contributed by atoms with Gasteiger partial charge in [-0.3, -0.25) is 4.79 Å². The van der Waals surface area contributed by atoms with Gasteiger partial charge in [-0.2, -0.15) is 0 Å². The minimum absolute atomic E-state index is 0.00904. The van der Waals surface area contributed by atoms with E-state index < -0.39 is 11.7 Å². The Labute approximate surface area is 125 Å². The molecule has 1 aromatic carbocycles. The third-order valence-electron chi connectivity index (χ3n) is 2.54. The minimum atomic E-state index is -0.651. The molecule has 0 saturated carbocycles. The van der Waals surface area contributed by atoms with Gasteiger partial charge in [0.25, 0.3) is 5.91 Å². The van der Waals surface area contributed by atoms with Crippen LogP contribution < -0.4 is 5.32 Å². The van der Waals surface area contributed by atoms with Gasteiger partial charge >= 0.3 is 0 Å². The van der Waals surface area contributed by atoms with Gasteiger partial charge in [0.2, 0.25) is 0 Å². The third kappa shape index (κ3) is 5.10. The molecular formula is C13H16ClFINO. The lowest BCUT2D eigenvalue weighted by Crippen LogP contribution is -2.25. The maximum atomic E-state index is 13.5. The zero-order chi connectivity index (χ0) is 13.4. The van der Waals surface area contributed by atoms with Gasteiger partial charge in [-0.05, 0) is 29.4 Å². The molecule has 1 aromatic rings. The summed E-state index contributed by atoms with van der Waals surface area (Å²) in [5.41, 5.74) is 0.00904. The molecule has 0 aliphatic rings. The monoisotopic (exact) mass is 383 g/mol. The Balaban J connectivity index is 2.35. The molecule has 1 rings (SSSR count). The molecular weight excluding hydrogens is 368 g/mol. The minimum Gasteiger partial charge on any atom is -0.352 e. The van der Waals surface area contributed by atoms with Crippen molar-refractivity contribution in [1.82, 2.24) is 5.32 Å². The lowest BCUT2D eigenvalue weighted by molar-refractivity contribution is 0.0949. The lowest BCUT2D eigenvalue weighted by Gasteiger charge is -2.06. The van der Waals surface area contributed by atoms with Crippen LogP contribution in [0.15, 0.2) is 18.2 Å². The molecule has 18 heavy (non-hydrogen) atoms. The molecule has 0 bridgehead atoms. The third-order valence-corrected chi connectivity index (χ3v) is 3.60. The van der Waals surface area contributed by atoms with E-state index in [2.05, 4.69) is 27.9 Å². The van der Waals surface area contributed by atoms with Crippen LogP contribution in [0.2, 0.25) is 5.02 Å². The second kappa shape index (κ2) is 8.69. The van der Waals surface area contributed by atoms with Gasteiger partial charge < -0.3 is 5.32 Å². The number of halogens is 3. The standard InChI is InChI=1S/C13H16ClFINO/c14-11-7-5-6-10(12(11)15)13(18)17-9-4-2-1-3-8-16/h5-7H,1-4,8-9H2,(H,17,18). The number of hydrogen-bond acceptors (Lipinski definition) is 1. The Hall–Kier alpha value is -0.360. The number of alkyl halides is 1. The number of carbonyl (C=O) groups excluding carboxylic acids is 1. The molecule has 0 spiro atoms. The van der Waals surface area contributed by atoms with Crippen LogP contribution in [0.3, 0.4) is 0 Å². The van der Waals surface area contributed by atoms with E-state index in [1.54, 1.807) is 6.07 Å². The Kier molecular flexibility index (Phi) is 7.58. The number of unbranched alkanes of at least 4 members (excludes halogenated alkanes) is 3. The van der Waals surface area contributed by atoms with Crippen LogP contribution >= 0.6 is 34.2 Å². The molecule has 0 aliphatic carbocycles. The fourth-order valence-corrected chi connectivity index (χ4v) is 2.26. The summed E-state index contributed by atoms with van der Waals surface area (Å²) < 4.78 is 14.7. The van der Waals surface area contributed by atoms with Gasteiger partial charge in [-0.25, -0.2) is 4.39 Å². The molecule has 0 heterocycles. The van der Waals surface area contributed by atoms with Gasteiger partial charge in [-0.15, -0.1) is 0 Å². The van der Waals surface area contributed by atoms with Crippen molar-refractivity contribution in [3.05, 3.63) is 34.6 Å². The van der Waals surface area contributed by atoms with Crippen LogP contribution in [0.1, 0.15) is 36.0 Å². The first-order valence-corrected chi connectivity index (χ1v) is 7.85. The first-order valence-electron chi connectivity index (χ1n) is 5.95. The molecule has 5 heteroatoms. The van der Waals surface area contributed by atoms with Crippen LogP contribution in [0.25, 0.3) is 0 Å². The Morgan fingerprint density at radius 1 is 1.28 bits per heavy atom. The van der Waals surface area contributed by atoms with Crippen molar-refractivity contribution in [2.45, 2.75) is 25.7 Å². The number of amides is 1. The second-order valence-electron chi connectivity index (χ2n) is 3.96. The summed E-state index contributed by atoms with van der Waals surface area (Å²) in [5, 5.41) is 2.68. The molecule has 0 atom stereocenters. The number of nitrogens with one attached hydrogen (secondary N) is 1. The van der Waals surface area contributed by atoms with E-state index in [-0.39, 0.29) is 10.6 Å². The average Bonchev–Trinajstić information content (AvgIpc) is 2.36. The van der Waals surface area contributed by atoms with Crippen molar-refractivity contribution in [2.24, 2.45) is 0 Å². The summed E-state index contributed by atoms with van der Waals surface area (Å²) in [4.78, 5) is 11.7. The quantitative estimate of drug-likeness (QED) is 0.427. The van der Waals surface area contributed by atoms with Crippen LogP contribution in [-0.2, 0) is 0 Å². The summed E-state index contributed by atoms with van der Waals surface area (Å²) in [6, 6.07) is 4.44. The lowest BCUT2D eigenvalue weighted by atomic mass is 10.2. The second-order valence-corrected chi connectivity index (χ2v) is 5.45. The molecule has 0 aromatic heterocycles. The summed E-state index contributed by atoms with van der Waals surface area (Å²) in [6.07, 6.45) is 4.38. The van der Waals surface area contributed by atoms with Gasteiger partial charge in [-0.1, -0.05) is 53.1 Å². The largest absolute Gasteiger partial charge is 0.352 e. The summed E-state index contributed by atoms with van der Waals surface area (Å²) >= 11 is 7.97. The highest BCUT2D eigenvalue weighted by Gasteiger charge is 2.13. The maximum Gasteiger partial charge on any atom is 0.254 e. The molecule has 1 N–H and O–H groups in total. The van der Waals surface area contributed by atoms with E-state index in [4.69, 9.17) is 11.6 Å². The van der Waals surface area contributed by atoms with Crippen LogP contribution in [0, 0.1) is 5.82 Å².